The maximum absolute atomic E-state index is 11.2. The molecule has 0 aromatic heterocycles. The van der Waals surface area contributed by atoms with E-state index >= 15 is 0 Å². The fraction of sp³-hybridized carbons (Fsp3) is 0.364. The van der Waals surface area contributed by atoms with Gasteiger partial charge in [-0.1, -0.05) is 23.2 Å². The van der Waals surface area contributed by atoms with Gasteiger partial charge in [0, 0.05) is 10.0 Å². The number of rotatable bonds is 4. The number of halogens is 2. The second-order valence-corrected chi connectivity index (χ2v) is 4.22. The highest BCUT2D eigenvalue weighted by molar-refractivity contribution is 6.34. The number of ether oxygens (including phenoxy) is 1. The molecule has 94 valence electrons. The SMILES string of the molecule is CCOC(=O)C(O)C(O)c1cc(Cl)cc(Cl)c1. The van der Waals surface area contributed by atoms with Crippen molar-refractivity contribution in [1.29, 1.82) is 0 Å². The Bertz CT molecular complexity index is 388. The van der Waals surface area contributed by atoms with Gasteiger partial charge >= 0.3 is 5.97 Å². The number of hydrogen-bond acceptors (Lipinski definition) is 4. The fourth-order valence-corrected chi connectivity index (χ4v) is 1.83. The lowest BCUT2D eigenvalue weighted by molar-refractivity contribution is -0.159. The van der Waals surface area contributed by atoms with Gasteiger partial charge in [-0.25, -0.2) is 4.79 Å². The molecule has 2 atom stereocenters. The molecule has 1 aromatic rings. The first-order chi connectivity index (χ1) is 7.95. The second kappa shape index (κ2) is 6.21. The van der Waals surface area contributed by atoms with Crippen molar-refractivity contribution in [2.75, 3.05) is 6.61 Å². The van der Waals surface area contributed by atoms with Crippen LogP contribution >= 0.6 is 23.2 Å². The van der Waals surface area contributed by atoms with E-state index in [1.165, 1.54) is 18.2 Å². The number of carbonyl (C=O) groups is 1. The predicted octanol–water partition coefficient (Wildman–Crippen LogP) is 1.95. The van der Waals surface area contributed by atoms with Crippen molar-refractivity contribution in [3.05, 3.63) is 33.8 Å². The number of hydrogen-bond donors (Lipinski definition) is 2. The highest BCUT2D eigenvalue weighted by Gasteiger charge is 2.27. The lowest BCUT2D eigenvalue weighted by Gasteiger charge is -2.17. The van der Waals surface area contributed by atoms with Crippen molar-refractivity contribution in [3.8, 4) is 0 Å². The summed E-state index contributed by atoms with van der Waals surface area (Å²) in [5.41, 5.74) is 0.253. The van der Waals surface area contributed by atoms with Crippen LogP contribution in [0.4, 0.5) is 0 Å². The van der Waals surface area contributed by atoms with Crippen molar-refractivity contribution < 1.29 is 19.7 Å². The molecule has 2 N–H and O–H groups in total. The number of benzene rings is 1. The summed E-state index contributed by atoms with van der Waals surface area (Å²) in [7, 11) is 0. The smallest absolute Gasteiger partial charge is 0.338 e. The van der Waals surface area contributed by atoms with Gasteiger partial charge in [-0.05, 0) is 30.7 Å². The summed E-state index contributed by atoms with van der Waals surface area (Å²) >= 11 is 11.5. The van der Waals surface area contributed by atoms with E-state index < -0.39 is 18.2 Å². The molecule has 0 heterocycles. The molecule has 0 saturated carbocycles. The van der Waals surface area contributed by atoms with Gasteiger partial charge in [0.15, 0.2) is 6.10 Å². The highest BCUT2D eigenvalue weighted by Crippen LogP contribution is 2.25. The van der Waals surface area contributed by atoms with Crippen molar-refractivity contribution >= 4 is 29.2 Å². The molecule has 0 fully saturated rings. The summed E-state index contributed by atoms with van der Waals surface area (Å²) < 4.78 is 4.59. The van der Waals surface area contributed by atoms with E-state index in [1.54, 1.807) is 6.92 Å². The van der Waals surface area contributed by atoms with E-state index in [9.17, 15) is 15.0 Å². The summed E-state index contributed by atoms with van der Waals surface area (Å²) in [5.74, 6) is -0.893. The Balaban J connectivity index is 2.87. The summed E-state index contributed by atoms with van der Waals surface area (Å²) in [6.45, 7) is 1.73. The molecule has 0 radical (unpaired) electrons. The summed E-state index contributed by atoms with van der Waals surface area (Å²) in [6.07, 6.45) is -3.09. The van der Waals surface area contributed by atoms with Gasteiger partial charge in [0.1, 0.15) is 6.10 Å². The lowest BCUT2D eigenvalue weighted by atomic mass is 10.0. The summed E-state index contributed by atoms with van der Waals surface area (Å²) in [4.78, 5) is 11.2. The Hall–Kier alpha value is -0.810. The van der Waals surface area contributed by atoms with Crippen LogP contribution in [-0.2, 0) is 9.53 Å². The molecule has 1 aromatic carbocycles. The van der Waals surface area contributed by atoms with Crippen LogP contribution in [0.3, 0.4) is 0 Å². The van der Waals surface area contributed by atoms with Gasteiger partial charge < -0.3 is 14.9 Å². The zero-order valence-corrected chi connectivity index (χ0v) is 10.6. The van der Waals surface area contributed by atoms with Gasteiger partial charge in [0.2, 0.25) is 0 Å². The molecule has 2 unspecified atom stereocenters. The first kappa shape index (κ1) is 14.3. The Morgan fingerprint density at radius 3 is 2.29 bits per heavy atom. The van der Waals surface area contributed by atoms with E-state index in [-0.39, 0.29) is 12.2 Å². The number of aliphatic hydroxyl groups is 2. The van der Waals surface area contributed by atoms with Crippen LogP contribution in [0.2, 0.25) is 10.0 Å². The molecule has 17 heavy (non-hydrogen) atoms. The van der Waals surface area contributed by atoms with Crippen molar-refractivity contribution in [2.45, 2.75) is 19.1 Å². The molecule has 6 heteroatoms. The first-order valence-corrected chi connectivity index (χ1v) is 5.70. The number of esters is 1. The minimum absolute atomic E-state index is 0.124. The van der Waals surface area contributed by atoms with Crippen LogP contribution in [0, 0.1) is 0 Å². The summed E-state index contributed by atoms with van der Waals surface area (Å²) in [6, 6.07) is 4.32. The molecule has 4 nitrogen and oxygen atoms in total. The van der Waals surface area contributed by atoms with E-state index in [0.29, 0.717) is 10.0 Å². The predicted molar refractivity (Wildman–Crippen MR) is 64.1 cm³/mol. The van der Waals surface area contributed by atoms with E-state index in [1.807, 2.05) is 0 Å². The third-order valence-electron chi connectivity index (χ3n) is 2.05. The number of carbonyl (C=O) groups excluding carboxylic acids is 1. The quantitative estimate of drug-likeness (QED) is 0.827. The molecule has 0 aliphatic heterocycles. The first-order valence-electron chi connectivity index (χ1n) is 4.94. The summed E-state index contributed by atoms with van der Waals surface area (Å²) in [5, 5.41) is 19.9. The van der Waals surface area contributed by atoms with Crippen LogP contribution in [0.1, 0.15) is 18.6 Å². The van der Waals surface area contributed by atoms with Gasteiger partial charge in [-0.2, -0.15) is 0 Å². The van der Waals surface area contributed by atoms with Crippen LogP contribution < -0.4 is 0 Å². The zero-order valence-electron chi connectivity index (χ0n) is 9.06. The van der Waals surface area contributed by atoms with Crippen molar-refractivity contribution in [1.82, 2.24) is 0 Å². The van der Waals surface area contributed by atoms with Crippen LogP contribution in [0.25, 0.3) is 0 Å². The lowest BCUT2D eigenvalue weighted by Crippen LogP contribution is -2.29. The molecule has 0 saturated heterocycles. The van der Waals surface area contributed by atoms with Crippen molar-refractivity contribution in [3.63, 3.8) is 0 Å². The maximum Gasteiger partial charge on any atom is 0.338 e. The Labute approximate surface area is 109 Å². The van der Waals surface area contributed by atoms with E-state index in [0.717, 1.165) is 0 Å². The van der Waals surface area contributed by atoms with Gasteiger partial charge in [0.05, 0.1) is 6.61 Å². The van der Waals surface area contributed by atoms with Crippen LogP contribution in [0.5, 0.6) is 0 Å². The molecule has 0 spiro atoms. The molecule has 0 amide bonds. The minimum atomic E-state index is -1.66. The normalized spacial score (nSPS) is 14.2. The zero-order chi connectivity index (χ0) is 13.0. The highest BCUT2D eigenvalue weighted by atomic mass is 35.5. The van der Waals surface area contributed by atoms with Gasteiger partial charge in [-0.3, -0.25) is 0 Å². The molecule has 0 bridgehead atoms. The molecule has 0 aliphatic rings. The van der Waals surface area contributed by atoms with Crippen LogP contribution in [0.15, 0.2) is 18.2 Å². The number of aliphatic hydroxyl groups excluding tert-OH is 2. The minimum Gasteiger partial charge on any atom is -0.464 e. The molecule has 0 aliphatic carbocycles. The fourth-order valence-electron chi connectivity index (χ4n) is 1.28. The van der Waals surface area contributed by atoms with E-state index in [2.05, 4.69) is 4.74 Å². The Morgan fingerprint density at radius 1 is 1.29 bits per heavy atom. The molecular weight excluding hydrogens is 267 g/mol. The Kier molecular flexibility index (Phi) is 5.21. The standard InChI is InChI=1S/C11H12Cl2O4/c1-2-17-11(16)10(15)9(14)6-3-7(12)5-8(13)4-6/h3-5,9-10,14-15H,2H2,1H3. The third kappa shape index (κ3) is 3.85. The molecule has 1 rings (SSSR count). The van der Waals surface area contributed by atoms with Gasteiger partial charge in [-0.15, -0.1) is 0 Å². The van der Waals surface area contributed by atoms with E-state index in [4.69, 9.17) is 23.2 Å². The monoisotopic (exact) mass is 278 g/mol. The topological polar surface area (TPSA) is 66.8 Å². The molecular formula is C11H12Cl2O4. The average Bonchev–Trinajstić information content (AvgIpc) is 2.26. The average molecular weight is 279 g/mol. The third-order valence-corrected chi connectivity index (χ3v) is 2.49. The van der Waals surface area contributed by atoms with Crippen LogP contribution in [-0.4, -0.2) is 28.9 Å². The maximum atomic E-state index is 11.2. The largest absolute Gasteiger partial charge is 0.464 e. The second-order valence-electron chi connectivity index (χ2n) is 3.34. The van der Waals surface area contributed by atoms with Gasteiger partial charge in [0.25, 0.3) is 0 Å². The van der Waals surface area contributed by atoms with Crippen molar-refractivity contribution in [2.24, 2.45) is 0 Å². The Morgan fingerprint density at radius 2 is 1.82 bits per heavy atom.